The van der Waals surface area contributed by atoms with Crippen LogP contribution in [0.2, 0.25) is 0 Å². The Balaban J connectivity index is 2.25. The third-order valence-corrected chi connectivity index (χ3v) is 4.65. The van der Waals surface area contributed by atoms with Crippen LogP contribution in [0.5, 0.6) is 0 Å². The number of rotatable bonds is 6. The van der Waals surface area contributed by atoms with Crippen molar-refractivity contribution in [3.8, 4) is 0 Å². The van der Waals surface area contributed by atoms with Crippen molar-refractivity contribution in [2.24, 2.45) is 5.73 Å². The quantitative estimate of drug-likeness (QED) is 0.479. The van der Waals surface area contributed by atoms with Gasteiger partial charge in [0, 0.05) is 17.1 Å². The number of carbonyl (C=O) groups is 2. The van der Waals surface area contributed by atoms with E-state index >= 15 is 0 Å². The van der Waals surface area contributed by atoms with Gasteiger partial charge in [-0.3, -0.25) is 14.9 Å². The molecule has 0 atom stereocenters. The summed E-state index contributed by atoms with van der Waals surface area (Å²) in [5, 5.41) is 13.0. The molecule has 2 rings (SSSR count). The smallest absolute Gasteiger partial charge is 0.338 e. The van der Waals surface area contributed by atoms with Gasteiger partial charge in [0.1, 0.15) is 0 Å². The van der Waals surface area contributed by atoms with Crippen molar-refractivity contribution in [2.45, 2.75) is 16.2 Å². The van der Waals surface area contributed by atoms with Crippen molar-refractivity contribution in [3.05, 3.63) is 45.0 Å². The SMILES string of the molecule is Cc1csc(Sc2ccc(C(=O)OCC(N)=O)cc2[N+](=O)[O-])n1. The van der Waals surface area contributed by atoms with Crippen LogP contribution >= 0.6 is 23.1 Å². The largest absolute Gasteiger partial charge is 0.452 e. The Labute approximate surface area is 138 Å². The highest BCUT2D eigenvalue weighted by Crippen LogP contribution is 2.36. The molecule has 2 N–H and O–H groups in total. The van der Waals surface area contributed by atoms with Gasteiger partial charge >= 0.3 is 5.97 Å². The molecule has 1 amide bonds. The minimum absolute atomic E-state index is 0.0300. The Morgan fingerprint density at radius 1 is 1.48 bits per heavy atom. The van der Waals surface area contributed by atoms with Gasteiger partial charge in [0.2, 0.25) is 0 Å². The van der Waals surface area contributed by atoms with Gasteiger partial charge < -0.3 is 10.5 Å². The molecule has 2 aromatic rings. The molecule has 0 aliphatic rings. The number of nitro benzene ring substituents is 1. The van der Waals surface area contributed by atoms with E-state index in [1.54, 1.807) is 0 Å². The van der Waals surface area contributed by atoms with E-state index in [4.69, 9.17) is 5.73 Å². The first-order valence-electron chi connectivity index (χ1n) is 6.20. The molecule has 10 heteroatoms. The molecule has 23 heavy (non-hydrogen) atoms. The number of aromatic nitrogens is 1. The highest BCUT2D eigenvalue weighted by atomic mass is 32.2. The molecule has 8 nitrogen and oxygen atoms in total. The van der Waals surface area contributed by atoms with Gasteiger partial charge in [0.05, 0.1) is 15.4 Å². The molecule has 1 aromatic carbocycles. The zero-order valence-corrected chi connectivity index (χ0v) is 13.5. The number of primary amides is 1. The maximum Gasteiger partial charge on any atom is 0.338 e. The lowest BCUT2D eigenvalue weighted by Gasteiger charge is -2.05. The number of hydrogen-bond donors (Lipinski definition) is 1. The minimum Gasteiger partial charge on any atom is -0.452 e. The standard InChI is InChI=1S/C13H11N3O5S2/c1-7-6-22-13(15-7)23-10-3-2-8(4-9(10)16(19)20)12(18)21-5-11(14)17/h2-4,6H,5H2,1H3,(H2,14,17). The molecule has 1 heterocycles. The highest BCUT2D eigenvalue weighted by Gasteiger charge is 2.20. The van der Waals surface area contributed by atoms with E-state index in [1.165, 1.54) is 23.5 Å². The molecule has 0 radical (unpaired) electrons. The van der Waals surface area contributed by atoms with Crippen molar-refractivity contribution >= 4 is 40.7 Å². The topological polar surface area (TPSA) is 125 Å². The average molecular weight is 353 g/mol. The van der Waals surface area contributed by atoms with Crippen molar-refractivity contribution in [1.82, 2.24) is 4.98 Å². The van der Waals surface area contributed by atoms with Crippen LogP contribution in [0.3, 0.4) is 0 Å². The van der Waals surface area contributed by atoms with Crippen LogP contribution in [0, 0.1) is 17.0 Å². The number of esters is 1. The van der Waals surface area contributed by atoms with Crippen molar-refractivity contribution in [2.75, 3.05) is 6.61 Å². The number of aryl methyl sites for hydroxylation is 1. The van der Waals surface area contributed by atoms with E-state index < -0.39 is 23.4 Å². The number of thiazole rings is 1. The summed E-state index contributed by atoms with van der Waals surface area (Å²) in [4.78, 5) is 37.5. The number of nitro groups is 1. The van der Waals surface area contributed by atoms with Gasteiger partial charge in [-0.15, -0.1) is 11.3 Å². The van der Waals surface area contributed by atoms with Crippen LogP contribution in [-0.2, 0) is 9.53 Å². The third-order valence-electron chi connectivity index (χ3n) is 2.53. The molecule has 120 valence electrons. The summed E-state index contributed by atoms with van der Waals surface area (Å²) >= 11 is 2.51. The summed E-state index contributed by atoms with van der Waals surface area (Å²) in [5.41, 5.74) is 5.43. The average Bonchev–Trinajstić information content (AvgIpc) is 2.90. The zero-order valence-electron chi connectivity index (χ0n) is 11.8. The second-order valence-electron chi connectivity index (χ2n) is 4.34. The van der Waals surface area contributed by atoms with E-state index in [1.807, 2.05) is 12.3 Å². The van der Waals surface area contributed by atoms with Gasteiger partial charge in [-0.05, 0) is 19.1 Å². The maximum absolute atomic E-state index is 11.7. The fourth-order valence-electron chi connectivity index (χ4n) is 1.57. The van der Waals surface area contributed by atoms with Crippen LogP contribution in [0.25, 0.3) is 0 Å². The fraction of sp³-hybridized carbons (Fsp3) is 0.154. The number of ether oxygens (including phenoxy) is 1. The first kappa shape index (κ1) is 16.9. The lowest BCUT2D eigenvalue weighted by molar-refractivity contribution is -0.387. The number of nitrogens with zero attached hydrogens (tertiary/aromatic N) is 2. The van der Waals surface area contributed by atoms with Gasteiger partial charge in [-0.25, -0.2) is 9.78 Å². The Kier molecular flexibility index (Phi) is 5.29. The molecular weight excluding hydrogens is 342 g/mol. The molecule has 0 spiro atoms. The van der Waals surface area contributed by atoms with Gasteiger partial charge in [0.15, 0.2) is 10.9 Å². The maximum atomic E-state index is 11.7. The highest BCUT2D eigenvalue weighted by molar-refractivity contribution is 8.01. The molecule has 0 fully saturated rings. The van der Waals surface area contributed by atoms with Crippen LogP contribution in [0.4, 0.5) is 5.69 Å². The molecule has 0 bridgehead atoms. The van der Waals surface area contributed by atoms with E-state index in [-0.39, 0.29) is 11.3 Å². The molecule has 1 aromatic heterocycles. The number of nitrogens with two attached hydrogens (primary N) is 1. The van der Waals surface area contributed by atoms with E-state index in [2.05, 4.69) is 9.72 Å². The number of benzene rings is 1. The first-order chi connectivity index (χ1) is 10.9. The molecule has 0 aliphatic heterocycles. The molecule has 0 unspecified atom stereocenters. The second kappa shape index (κ2) is 7.20. The molecular formula is C13H11N3O5S2. The zero-order chi connectivity index (χ0) is 17.0. The normalized spacial score (nSPS) is 10.3. The Bertz CT molecular complexity index is 775. The molecule has 0 aliphatic carbocycles. The van der Waals surface area contributed by atoms with Crippen molar-refractivity contribution in [1.29, 1.82) is 0 Å². The molecule has 0 saturated carbocycles. The van der Waals surface area contributed by atoms with Gasteiger partial charge in [-0.1, -0.05) is 11.8 Å². The van der Waals surface area contributed by atoms with Gasteiger partial charge in [-0.2, -0.15) is 0 Å². The number of carbonyl (C=O) groups excluding carboxylic acids is 2. The summed E-state index contributed by atoms with van der Waals surface area (Å²) in [5.74, 6) is -1.66. The minimum atomic E-state index is -0.853. The number of hydrogen-bond acceptors (Lipinski definition) is 8. The van der Waals surface area contributed by atoms with Crippen LogP contribution in [0.1, 0.15) is 16.1 Å². The monoisotopic (exact) mass is 353 g/mol. The fourth-order valence-corrected chi connectivity index (χ4v) is 3.45. The summed E-state index contributed by atoms with van der Waals surface area (Å²) in [6.45, 7) is 1.24. The first-order valence-corrected chi connectivity index (χ1v) is 7.90. The van der Waals surface area contributed by atoms with E-state index in [0.717, 1.165) is 23.5 Å². The summed E-state index contributed by atoms with van der Waals surface area (Å²) in [6.07, 6.45) is 0. The lowest BCUT2D eigenvalue weighted by atomic mass is 10.2. The molecule has 0 saturated heterocycles. The summed E-state index contributed by atoms with van der Waals surface area (Å²) < 4.78 is 5.29. The summed E-state index contributed by atoms with van der Waals surface area (Å²) in [7, 11) is 0. The predicted molar refractivity (Wildman–Crippen MR) is 83.5 cm³/mol. The van der Waals surface area contributed by atoms with Crippen LogP contribution < -0.4 is 5.73 Å². The summed E-state index contributed by atoms with van der Waals surface area (Å²) in [6, 6.07) is 3.94. The van der Waals surface area contributed by atoms with E-state index in [0.29, 0.717) is 9.24 Å². The van der Waals surface area contributed by atoms with E-state index in [9.17, 15) is 19.7 Å². The Morgan fingerprint density at radius 2 is 2.22 bits per heavy atom. The predicted octanol–water partition coefficient (Wildman–Crippen LogP) is 2.15. The van der Waals surface area contributed by atoms with Crippen LogP contribution in [0.15, 0.2) is 32.8 Å². The second-order valence-corrected chi connectivity index (χ2v) is 6.49. The van der Waals surface area contributed by atoms with Crippen molar-refractivity contribution in [3.63, 3.8) is 0 Å². The Hall–Kier alpha value is -2.46. The Morgan fingerprint density at radius 3 is 2.78 bits per heavy atom. The lowest BCUT2D eigenvalue weighted by Crippen LogP contribution is -2.20. The third kappa shape index (κ3) is 4.50. The van der Waals surface area contributed by atoms with Gasteiger partial charge in [0.25, 0.3) is 11.6 Å². The van der Waals surface area contributed by atoms with Crippen LogP contribution in [-0.4, -0.2) is 28.4 Å². The van der Waals surface area contributed by atoms with Crippen molar-refractivity contribution < 1.29 is 19.2 Å². The number of amides is 1.